The van der Waals surface area contributed by atoms with Crippen molar-refractivity contribution >= 4 is 28.8 Å². The van der Waals surface area contributed by atoms with Crippen LogP contribution in [0.1, 0.15) is 25.0 Å². The van der Waals surface area contributed by atoms with Crippen molar-refractivity contribution in [2.75, 3.05) is 10.2 Å². The number of hydrogen-bond acceptors (Lipinski definition) is 4. The molecule has 0 fully saturated rings. The first-order valence-electron chi connectivity index (χ1n) is 10.3. The second kappa shape index (κ2) is 8.67. The molecule has 0 radical (unpaired) electrons. The molecule has 0 saturated heterocycles. The van der Waals surface area contributed by atoms with Gasteiger partial charge in [-0.15, -0.1) is 0 Å². The van der Waals surface area contributed by atoms with E-state index in [-0.39, 0.29) is 17.4 Å². The molecule has 6 heteroatoms. The highest BCUT2D eigenvalue weighted by atomic mass is 19.1. The van der Waals surface area contributed by atoms with E-state index in [4.69, 9.17) is 4.74 Å². The first-order chi connectivity index (χ1) is 15.3. The van der Waals surface area contributed by atoms with Crippen LogP contribution in [-0.4, -0.2) is 17.9 Å². The Bertz CT molecular complexity index is 1200. The van der Waals surface area contributed by atoms with E-state index in [0.717, 1.165) is 10.5 Å². The zero-order valence-electron chi connectivity index (χ0n) is 18.1. The molecular formula is C26H23FN2O3. The van der Waals surface area contributed by atoms with E-state index in [1.807, 2.05) is 32.9 Å². The van der Waals surface area contributed by atoms with E-state index in [0.29, 0.717) is 22.7 Å². The maximum Gasteiger partial charge on any atom is 0.282 e. The number of aryl methyl sites for hydroxylation is 1. The van der Waals surface area contributed by atoms with Crippen molar-refractivity contribution in [1.29, 1.82) is 0 Å². The smallest absolute Gasteiger partial charge is 0.282 e. The third-order valence-corrected chi connectivity index (χ3v) is 5.07. The fourth-order valence-electron chi connectivity index (χ4n) is 3.60. The Kier molecular flexibility index (Phi) is 5.77. The molecule has 3 aromatic carbocycles. The minimum absolute atomic E-state index is 0.0401. The highest BCUT2D eigenvalue weighted by molar-refractivity contribution is 6.46. The van der Waals surface area contributed by atoms with Gasteiger partial charge in [0.1, 0.15) is 17.3 Å². The summed E-state index contributed by atoms with van der Waals surface area (Å²) in [6, 6.07) is 19.9. The van der Waals surface area contributed by atoms with Gasteiger partial charge in [0.15, 0.2) is 0 Å². The predicted octanol–water partition coefficient (Wildman–Crippen LogP) is 5.32. The van der Waals surface area contributed by atoms with E-state index in [1.165, 1.54) is 24.3 Å². The van der Waals surface area contributed by atoms with Crippen LogP contribution in [0.2, 0.25) is 0 Å². The summed E-state index contributed by atoms with van der Waals surface area (Å²) in [6.07, 6.45) is 0.0401. The Morgan fingerprint density at radius 1 is 0.875 bits per heavy atom. The number of imide groups is 1. The lowest BCUT2D eigenvalue weighted by Crippen LogP contribution is -2.33. The van der Waals surface area contributed by atoms with E-state index < -0.39 is 17.6 Å². The van der Waals surface area contributed by atoms with Gasteiger partial charge in [-0.1, -0.05) is 30.3 Å². The quantitative estimate of drug-likeness (QED) is 0.538. The lowest BCUT2D eigenvalue weighted by atomic mass is 10.0. The molecule has 2 amide bonds. The summed E-state index contributed by atoms with van der Waals surface area (Å²) in [4.78, 5) is 28.0. The highest BCUT2D eigenvalue weighted by Gasteiger charge is 2.40. The van der Waals surface area contributed by atoms with E-state index in [2.05, 4.69) is 5.32 Å². The average molecular weight is 430 g/mol. The maximum atomic E-state index is 13.5. The molecule has 0 bridgehead atoms. The van der Waals surface area contributed by atoms with Crippen molar-refractivity contribution in [1.82, 2.24) is 0 Å². The second-order valence-corrected chi connectivity index (χ2v) is 7.81. The van der Waals surface area contributed by atoms with E-state index >= 15 is 0 Å². The van der Waals surface area contributed by atoms with Gasteiger partial charge < -0.3 is 10.1 Å². The van der Waals surface area contributed by atoms with Crippen molar-refractivity contribution in [3.8, 4) is 5.75 Å². The average Bonchev–Trinajstić information content (AvgIpc) is 3.00. The van der Waals surface area contributed by atoms with E-state index in [1.54, 1.807) is 36.4 Å². The number of rotatable bonds is 6. The molecule has 0 saturated carbocycles. The number of nitrogens with one attached hydrogen (secondary N) is 1. The standard InChI is InChI=1S/C26H23FN2O3/c1-16(2)32-21-14-12-20(13-15-21)28-24-23(18-8-10-19(27)11-9-18)25(30)29(26(24)31)22-7-5-4-6-17(22)3/h4-16,28H,1-3H3. The van der Waals surface area contributed by atoms with Crippen molar-refractivity contribution in [3.63, 3.8) is 0 Å². The fraction of sp³-hybridized carbons (Fsp3) is 0.154. The lowest BCUT2D eigenvalue weighted by Gasteiger charge is -2.17. The van der Waals surface area contributed by atoms with Crippen LogP contribution in [0.15, 0.2) is 78.5 Å². The van der Waals surface area contributed by atoms with Gasteiger partial charge in [0, 0.05) is 5.69 Å². The number of ether oxygens (including phenoxy) is 1. The third-order valence-electron chi connectivity index (χ3n) is 5.07. The predicted molar refractivity (Wildman–Crippen MR) is 123 cm³/mol. The highest BCUT2D eigenvalue weighted by Crippen LogP contribution is 2.35. The number of anilines is 2. The van der Waals surface area contributed by atoms with E-state index in [9.17, 15) is 14.0 Å². The Morgan fingerprint density at radius 2 is 1.53 bits per heavy atom. The van der Waals surface area contributed by atoms with Crippen molar-refractivity contribution in [3.05, 3.63) is 95.4 Å². The third kappa shape index (κ3) is 4.12. The first kappa shape index (κ1) is 21.3. The van der Waals surface area contributed by atoms with Gasteiger partial charge >= 0.3 is 0 Å². The van der Waals surface area contributed by atoms with Crippen molar-refractivity contribution in [2.24, 2.45) is 0 Å². The molecule has 1 aliphatic rings. The summed E-state index contributed by atoms with van der Waals surface area (Å²) in [5, 5.41) is 3.10. The molecule has 1 N–H and O–H groups in total. The van der Waals surface area contributed by atoms with Gasteiger partial charge in [0.2, 0.25) is 0 Å². The fourth-order valence-corrected chi connectivity index (χ4v) is 3.60. The molecule has 1 heterocycles. The largest absolute Gasteiger partial charge is 0.491 e. The first-order valence-corrected chi connectivity index (χ1v) is 10.3. The molecule has 162 valence electrons. The van der Waals surface area contributed by atoms with Gasteiger partial charge in [-0.2, -0.15) is 0 Å². The molecule has 0 spiro atoms. The number of nitrogens with zero attached hydrogens (tertiary/aromatic N) is 1. The Labute approximate surface area is 186 Å². The van der Waals surface area contributed by atoms with Crippen LogP contribution in [-0.2, 0) is 9.59 Å². The van der Waals surface area contributed by atoms with Gasteiger partial charge in [0.25, 0.3) is 11.8 Å². The molecular weight excluding hydrogens is 407 g/mol. The van der Waals surface area contributed by atoms with Gasteiger partial charge in [-0.3, -0.25) is 9.59 Å². The summed E-state index contributed by atoms with van der Waals surface area (Å²) in [5.74, 6) is -0.643. The molecule has 3 aromatic rings. The minimum atomic E-state index is -0.467. The molecule has 32 heavy (non-hydrogen) atoms. The Morgan fingerprint density at radius 3 is 2.16 bits per heavy atom. The summed E-state index contributed by atoms with van der Waals surface area (Å²) in [7, 11) is 0. The number of carbonyl (C=O) groups excluding carboxylic acids is 2. The molecule has 5 nitrogen and oxygen atoms in total. The number of carbonyl (C=O) groups is 2. The monoisotopic (exact) mass is 430 g/mol. The van der Waals surface area contributed by atoms with Crippen LogP contribution in [0, 0.1) is 12.7 Å². The number of para-hydroxylation sites is 1. The maximum absolute atomic E-state index is 13.5. The molecule has 0 aromatic heterocycles. The number of benzene rings is 3. The lowest BCUT2D eigenvalue weighted by molar-refractivity contribution is -0.120. The molecule has 4 rings (SSSR count). The van der Waals surface area contributed by atoms with Crippen LogP contribution in [0.4, 0.5) is 15.8 Å². The summed E-state index contributed by atoms with van der Waals surface area (Å²) in [5.41, 5.74) is 2.73. The van der Waals surface area contributed by atoms with Crippen LogP contribution in [0.5, 0.6) is 5.75 Å². The Balaban J connectivity index is 1.75. The van der Waals surface area contributed by atoms with Crippen LogP contribution < -0.4 is 15.0 Å². The molecule has 1 aliphatic heterocycles. The van der Waals surface area contributed by atoms with Gasteiger partial charge in [-0.25, -0.2) is 9.29 Å². The van der Waals surface area contributed by atoms with Gasteiger partial charge in [0.05, 0.1) is 17.4 Å². The number of amides is 2. The summed E-state index contributed by atoms with van der Waals surface area (Å²) in [6.45, 7) is 5.72. The van der Waals surface area contributed by atoms with Crippen LogP contribution in [0.25, 0.3) is 5.57 Å². The SMILES string of the molecule is Cc1ccccc1N1C(=O)C(Nc2ccc(OC(C)C)cc2)=C(c2ccc(F)cc2)C1=O. The Hall–Kier alpha value is -3.93. The zero-order chi connectivity index (χ0) is 22.8. The summed E-state index contributed by atoms with van der Waals surface area (Å²) >= 11 is 0. The second-order valence-electron chi connectivity index (χ2n) is 7.81. The number of hydrogen-bond donors (Lipinski definition) is 1. The molecule has 0 unspecified atom stereocenters. The minimum Gasteiger partial charge on any atom is -0.491 e. The van der Waals surface area contributed by atoms with Crippen molar-refractivity contribution < 1.29 is 18.7 Å². The van der Waals surface area contributed by atoms with Crippen LogP contribution in [0.3, 0.4) is 0 Å². The molecule has 0 atom stereocenters. The van der Waals surface area contributed by atoms with Crippen LogP contribution >= 0.6 is 0 Å². The molecule has 0 aliphatic carbocycles. The normalized spacial score (nSPS) is 13.8. The van der Waals surface area contributed by atoms with Gasteiger partial charge in [-0.05, 0) is 74.4 Å². The van der Waals surface area contributed by atoms with Crippen molar-refractivity contribution in [2.45, 2.75) is 26.9 Å². The summed E-state index contributed by atoms with van der Waals surface area (Å²) < 4.78 is 19.2. The topological polar surface area (TPSA) is 58.6 Å². The number of halogens is 1. The zero-order valence-corrected chi connectivity index (χ0v) is 18.1.